The molecule has 0 aromatic heterocycles. The number of carbonyl (C=O) groups is 2. The number of ketones is 1. The molecule has 1 aliphatic carbocycles. The van der Waals surface area contributed by atoms with Crippen LogP contribution in [0.3, 0.4) is 0 Å². The maximum absolute atomic E-state index is 11.4. The molecule has 1 rings (SSSR count). The first-order chi connectivity index (χ1) is 13.3. The molecule has 0 bridgehead atoms. The Morgan fingerprint density at radius 1 is 1.18 bits per heavy atom. The minimum Gasteiger partial charge on any atom is -0.462 e. The first-order valence-corrected chi connectivity index (χ1v) is 10.7. The molecule has 1 fully saturated rings. The van der Waals surface area contributed by atoms with E-state index in [0.717, 1.165) is 38.5 Å². The summed E-state index contributed by atoms with van der Waals surface area (Å²) < 4.78 is 5.43. The molecule has 0 spiro atoms. The van der Waals surface area contributed by atoms with Gasteiger partial charge in [0.05, 0.1) is 12.2 Å². The highest BCUT2D eigenvalue weighted by molar-refractivity contribution is 5.75. The molecule has 2 N–H and O–H groups in total. The maximum atomic E-state index is 11.4. The molecule has 1 aliphatic rings. The highest BCUT2D eigenvalue weighted by atomic mass is 16.5. The summed E-state index contributed by atoms with van der Waals surface area (Å²) in [6.07, 6.45) is 13.7. The van der Waals surface area contributed by atoms with Gasteiger partial charge < -0.3 is 19.7 Å². The summed E-state index contributed by atoms with van der Waals surface area (Å²) in [7, 11) is 0. The SMILES string of the molecule is CCCCC[C@H](O)/C=C/[C@@H]1[C@@H](C/C=C\CCCC(C)=O)[C@@H](O)C[C@H]1OC(C)=O. The first-order valence-electron chi connectivity index (χ1n) is 10.7. The smallest absolute Gasteiger partial charge is 0.302 e. The summed E-state index contributed by atoms with van der Waals surface area (Å²) in [5, 5.41) is 20.7. The van der Waals surface area contributed by atoms with Crippen LogP contribution in [0.5, 0.6) is 0 Å². The van der Waals surface area contributed by atoms with E-state index in [1.807, 2.05) is 12.2 Å². The van der Waals surface area contributed by atoms with Crippen molar-refractivity contribution in [3.05, 3.63) is 24.3 Å². The van der Waals surface area contributed by atoms with Gasteiger partial charge in [0.2, 0.25) is 0 Å². The normalized spacial score (nSPS) is 26.2. The third-order valence-corrected chi connectivity index (χ3v) is 5.34. The van der Waals surface area contributed by atoms with Crippen LogP contribution in [0.4, 0.5) is 0 Å². The zero-order valence-corrected chi connectivity index (χ0v) is 17.7. The highest BCUT2D eigenvalue weighted by Crippen LogP contribution is 2.38. The second kappa shape index (κ2) is 13.7. The maximum Gasteiger partial charge on any atom is 0.302 e. The predicted octanol–water partition coefficient (Wildman–Crippen LogP) is 4.12. The average molecular weight is 395 g/mol. The number of rotatable bonds is 13. The van der Waals surface area contributed by atoms with Gasteiger partial charge in [0, 0.05) is 25.7 Å². The summed E-state index contributed by atoms with van der Waals surface area (Å²) in [6, 6.07) is 0. The zero-order valence-electron chi connectivity index (χ0n) is 17.7. The fourth-order valence-electron chi connectivity index (χ4n) is 3.82. The summed E-state index contributed by atoms with van der Waals surface area (Å²) in [5.74, 6) is -0.305. The number of esters is 1. The third kappa shape index (κ3) is 9.65. The fourth-order valence-corrected chi connectivity index (χ4v) is 3.82. The van der Waals surface area contributed by atoms with Crippen LogP contribution in [0.15, 0.2) is 24.3 Å². The number of aliphatic hydroxyl groups excluding tert-OH is 2. The lowest BCUT2D eigenvalue weighted by Crippen LogP contribution is -2.24. The monoisotopic (exact) mass is 394 g/mol. The topological polar surface area (TPSA) is 83.8 Å². The van der Waals surface area contributed by atoms with Crippen molar-refractivity contribution in [3.63, 3.8) is 0 Å². The van der Waals surface area contributed by atoms with Crippen LogP contribution in [-0.4, -0.2) is 40.3 Å². The van der Waals surface area contributed by atoms with Crippen molar-refractivity contribution in [3.8, 4) is 0 Å². The van der Waals surface area contributed by atoms with Crippen molar-refractivity contribution in [2.45, 2.75) is 96.9 Å². The van der Waals surface area contributed by atoms with Gasteiger partial charge in [-0.15, -0.1) is 0 Å². The molecule has 0 aromatic carbocycles. The number of Topliss-reactive ketones (excluding diaryl/α,β-unsaturated/α-hetero) is 1. The quantitative estimate of drug-likeness (QED) is 0.279. The van der Waals surface area contributed by atoms with Crippen molar-refractivity contribution >= 4 is 11.8 Å². The molecule has 0 heterocycles. The lowest BCUT2D eigenvalue weighted by Gasteiger charge is -2.22. The number of carbonyl (C=O) groups excluding carboxylic acids is 2. The summed E-state index contributed by atoms with van der Waals surface area (Å²) in [4.78, 5) is 22.4. The molecule has 0 aromatic rings. The van der Waals surface area contributed by atoms with Crippen LogP contribution in [0.1, 0.15) is 78.6 Å². The van der Waals surface area contributed by atoms with Gasteiger partial charge in [0.15, 0.2) is 0 Å². The van der Waals surface area contributed by atoms with Gasteiger partial charge >= 0.3 is 5.97 Å². The van der Waals surface area contributed by atoms with E-state index in [2.05, 4.69) is 13.0 Å². The lowest BCUT2D eigenvalue weighted by atomic mass is 9.89. The van der Waals surface area contributed by atoms with Gasteiger partial charge in [-0.3, -0.25) is 4.79 Å². The Hall–Kier alpha value is -1.46. The predicted molar refractivity (Wildman–Crippen MR) is 111 cm³/mol. The van der Waals surface area contributed by atoms with E-state index >= 15 is 0 Å². The van der Waals surface area contributed by atoms with Crippen molar-refractivity contribution in [2.24, 2.45) is 11.8 Å². The van der Waals surface area contributed by atoms with Crippen LogP contribution < -0.4 is 0 Å². The van der Waals surface area contributed by atoms with Crippen molar-refractivity contribution < 1.29 is 24.5 Å². The van der Waals surface area contributed by atoms with Crippen LogP contribution in [0.2, 0.25) is 0 Å². The van der Waals surface area contributed by atoms with Gasteiger partial charge in [-0.25, -0.2) is 0 Å². The van der Waals surface area contributed by atoms with Gasteiger partial charge in [0.1, 0.15) is 11.9 Å². The Morgan fingerprint density at radius 3 is 2.57 bits per heavy atom. The standard InChI is InChI=1S/C23H38O5/c1-4-5-8-12-19(26)14-15-21-20(13-10-7-6-9-11-17(2)24)22(27)16-23(21)28-18(3)25/h7,10,14-15,19-23,26-27H,4-6,8-9,11-13,16H2,1-3H3/b10-7-,15-14+/t19-,20+,21+,22-,23+/m0/s1. The largest absolute Gasteiger partial charge is 0.462 e. The van der Waals surface area contributed by atoms with Crippen LogP contribution in [0, 0.1) is 11.8 Å². The molecular weight excluding hydrogens is 356 g/mol. The molecule has 0 saturated heterocycles. The Labute approximate surface area is 169 Å². The second-order valence-corrected chi connectivity index (χ2v) is 7.94. The molecule has 5 heteroatoms. The zero-order chi connectivity index (χ0) is 20.9. The number of allylic oxidation sites excluding steroid dienone is 2. The fraction of sp³-hybridized carbons (Fsp3) is 0.739. The summed E-state index contributed by atoms with van der Waals surface area (Å²) in [5.41, 5.74) is 0. The molecule has 0 aliphatic heterocycles. The third-order valence-electron chi connectivity index (χ3n) is 5.34. The number of ether oxygens (including phenoxy) is 1. The van der Waals surface area contributed by atoms with Crippen molar-refractivity contribution in [1.82, 2.24) is 0 Å². The molecule has 0 unspecified atom stereocenters. The van der Waals surface area contributed by atoms with E-state index in [9.17, 15) is 19.8 Å². The molecule has 0 amide bonds. The summed E-state index contributed by atoms with van der Waals surface area (Å²) >= 11 is 0. The Balaban J connectivity index is 2.67. The van der Waals surface area contributed by atoms with Gasteiger partial charge in [-0.2, -0.15) is 0 Å². The summed E-state index contributed by atoms with van der Waals surface area (Å²) in [6.45, 7) is 5.11. The van der Waals surface area contributed by atoms with E-state index in [1.54, 1.807) is 13.0 Å². The molecule has 5 atom stereocenters. The van der Waals surface area contributed by atoms with E-state index in [-0.39, 0.29) is 29.7 Å². The Morgan fingerprint density at radius 2 is 1.93 bits per heavy atom. The molecule has 0 radical (unpaired) electrons. The molecule has 1 saturated carbocycles. The highest BCUT2D eigenvalue weighted by Gasteiger charge is 2.42. The van der Waals surface area contributed by atoms with E-state index in [1.165, 1.54) is 6.92 Å². The number of hydrogen-bond donors (Lipinski definition) is 2. The van der Waals surface area contributed by atoms with E-state index in [4.69, 9.17) is 4.74 Å². The number of unbranched alkanes of at least 4 members (excludes halogenated alkanes) is 3. The minimum atomic E-state index is -0.543. The van der Waals surface area contributed by atoms with Crippen LogP contribution in [-0.2, 0) is 14.3 Å². The van der Waals surface area contributed by atoms with Crippen molar-refractivity contribution in [2.75, 3.05) is 0 Å². The van der Waals surface area contributed by atoms with Crippen LogP contribution in [0.25, 0.3) is 0 Å². The lowest BCUT2D eigenvalue weighted by molar-refractivity contribution is -0.147. The molecule has 28 heavy (non-hydrogen) atoms. The number of aliphatic hydroxyl groups is 2. The van der Waals surface area contributed by atoms with Gasteiger partial charge in [-0.05, 0) is 38.5 Å². The van der Waals surface area contributed by atoms with E-state index < -0.39 is 12.2 Å². The Bertz CT molecular complexity index is 525. The minimum absolute atomic E-state index is 0.0486. The van der Waals surface area contributed by atoms with Gasteiger partial charge in [0.25, 0.3) is 0 Å². The Kier molecular flexibility index (Phi) is 12.0. The van der Waals surface area contributed by atoms with Crippen molar-refractivity contribution in [1.29, 1.82) is 0 Å². The molecular formula is C23H38O5. The second-order valence-electron chi connectivity index (χ2n) is 7.94. The average Bonchev–Trinajstić information content (AvgIpc) is 2.90. The first kappa shape index (κ1) is 24.6. The molecule has 5 nitrogen and oxygen atoms in total. The van der Waals surface area contributed by atoms with Crippen LogP contribution >= 0.6 is 0 Å². The van der Waals surface area contributed by atoms with E-state index in [0.29, 0.717) is 19.3 Å². The molecule has 160 valence electrons. The van der Waals surface area contributed by atoms with Gasteiger partial charge in [-0.1, -0.05) is 50.5 Å². The number of hydrogen-bond acceptors (Lipinski definition) is 5.